The minimum absolute atomic E-state index is 0.0633. The summed E-state index contributed by atoms with van der Waals surface area (Å²) in [7, 11) is 1.57. The van der Waals surface area contributed by atoms with Crippen LogP contribution in [-0.2, 0) is 30.3 Å². The van der Waals surface area contributed by atoms with Crippen molar-refractivity contribution in [3.63, 3.8) is 0 Å². The number of rotatable bonds is 10. The quantitative estimate of drug-likeness (QED) is 0.421. The second kappa shape index (κ2) is 12.0. The average Bonchev–Trinajstić information content (AvgIpc) is 3.09. The molecular formula is C22H25NO8S. The lowest BCUT2D eigenvalue weighted by molar-refractivity contribution is -0.119. The normalized spacial score (nSPS) is 10.4. The summed E-state index contributed by atoms with van der Waals surface area (Å²) in [6.07, 6.45) is 0. The summed E-state index contributed by atoms with van der Waals surface area (Å²) < 4.78 is 20.1. The molecule has 1 aromatic carbocycles. The van der Waals surface area contributed by atoms with Gasteiger partial charge in [0.15, 0.2) is 6.61 Å². The van der Waals surface area contributed by atoms with Gasteiger partial charge in [-0.2, -0.15) is 0 Å². The molecule has 1 amide bonds. The van der Waals surface area contributed by atoms with Crippen LogP contribution in [0.1, 0.15) is 55.4 Å². The Bertz CT molecular complexity index is 981. The minimum Gasteiger partial charge on any atom is -0.462 e. The first kappa shape index (κ1) is 25.0. The van der Waals surface area contributed by atoms with Gasteiger partial charge < -0.3 is 24.3 Å². The Labute approximate surface area is 189 Å². The first-order chi connectivity index (χ1) is 15.3. The lowest BCUT2D eigenvalue weighted by Gasteiger charge is -2.08. The molecule has 0 unspecified atom stereocenters. The van der Waals surface area contributed by atoms with Gasteiger partial charge >= 0.3 is 17.9 Å². The van der Waals surface area contributed by atoms with Crippen molar-refractivity contribution in [2.75, 3.05) is 32.2 Å². The highest BCUT2D eigenvalue weighted by molar-refractivity contribution is 7.18. The molecule has 1 N–H and O–H groups in total. The highest BCUT2D eigenvalue weighted by Crippen LogP contribution is 2.34. The number of thiophene rings is 1. The topological polar surface area (TPSA) is 117 Å². The number of anilines is 1. The third kappa shape index (κ3) is 6.38. The molecule has 0 aliphatic heterocycles. The highest BCUT2D eigenvalue weighted by Gasteiger charge is 2.27. The molecule has 32 heavy (non-hydrogen) atoms. The molecule has 9 nitrogen and oxygen atoms in total. The van der Waals surface area contributed by atoms with E-state index in [1.54, 1.807) is 52.1 Å². The van der Waals surface area contributed by atoms with Crippen LogP contribution in [-0.4, -0.2) is 50.7 Å². The molecule has 0 saturated heterocycles. The van der Waals surface area contributed by atoms with Crippen molar-refractivity contribution in [2.24, 2.45) is 0 Å². The summed E-state index contributed by atoms with van der Waals surface area (Å²) in [6.45, 7) is 4.99. The van der Waals surface area contributed by atoms with Crippen LogP contribution in [0.4, 0.5) is 5.00 Å². The van der Waals surface area contributed by atoms with E-state index < -0.39 is 30.4 Å². The molecule has 0 spiro atoms. The predicted molar refractivity (Wildman–Crippen MR) is 117 cm³/mol. The molecule has 10 heteroatoms. The molecule has 0 aliphatic rings. The number of hydrogen-bond acceptors (Lipinski definition) is 9. The molecule has 2 rings (SSSR count). The fourth-order valence-electron chi connectivity index (χ4n) is 2.72. The van der Waals surface area contributed by atoms with Gasteiger partial charge in [-0.25, -0.2) is 14.4 Å². The van der Waals surface area contributed by atoms with Crippen molar-refractivity contribution in [1.82, 2.24) is 0 Å². The lowest BCUT2D eigenvalue weighted by Crippen LogP contribution is -2.21. The number of benzene rings is 1. The number of methoxy groups -OCH3 is 1. The van der Waals surface area contributed by atoms with Crippen LogP contribution in [0.3, 0.4) is 0 Å². The van der Waals surface area contributed by atoms with E-state index in [2.05, 4.69) is 5.32 Å². The maximum Gasteiger partial charge on any atom is 0.348 e. The number of carbonyl (C=O) groups excluding carboxylic acids is 4. The Morgan fingerprint density at radius 2 is 1.53 bits per heavy atom. The van der Waals surface area contributed by atoms with Gasteiger partial charge in [0, 0.05) is 7.11 Å². The monoisotopic (exact) mass is 463 g/mol. The summed E-state index contributed by atoms with van der Waals surface area (Å²) in [5, 5.41) is 2.64. The smallest absolute Gasteiger partial charge is 0.348 e. The minimum atomic E-state index is -0.680. The van der Waals surface area contributed by atoms with Crippen molar-refractivity contribution in [3.05, 3.63) is 51.4 Å². The van der Waals surface area contributed by atoms with Crippen molar-refractivity contribution in [1.29, 1.82) is 0 Å². The summed E-state index contributed by atoms with van der Waals surface area (Å²) in [4.78, 5) is 49.3. The van der Waals surface area contributed by atoms with Crippen molar-refractivity contribution in [2.45, 2.75) is 27.4 Å². The van der Waals surface area contributed by atoms with Crippen LogP contribution in [0.15, 0.2) is 24.3 Å². The fraction of sp³-hybridized carbons (Fsp3) is 0.364. The molecule has 0 saturated carbocycles. The number of esters is 3. The number of nitrogens with one attached hydrogen (secondary N) is 1. The van der Waals surface area contributed by atoms with Gasteiger partial charge in [0.1, 0.15) is 9.88 Å². The van der Waals surface area contributed by atoms with Gasteiger partial charge in [-0.05, 0) is 44.0 Å². The second-order valence-corrected chi connectivity index (χ2v) is 7.48. The second-order valence-electron chi connectivity index (χ2n) is 6.46. The van der Waals surface area contributed by atoms with E-state index in [1.807, 2.05) is 0 Å². The zero-order chi connectivity index (χ0) is 23.7. The van der Waals surface area contributed by atoms with Crippen molar-refractivity contribution in [3.8, 4) is 0 Å². The molecule has 0 bridgehead atoms. The molecule has 0 aliphatic carbocycles. The van der Waals surface area contributed by atoms with E-state index in [9.17, 15) is 19.2 Å². The maximum absolute atomic E-state index is 12.4. The van der Waals surface area contributed by atoms with E-state index >= 15 is 0 Å². The standard InChI is InChI=1S/C22H25NO8S/c1-5-29-21(26)17-13(3)18(22(27)30-6-2)32-19(17)23-16(24)12-31-20(25)15-9-7-14(8-10-15)11-28-4/h7-10H,5-6,11-12H2,1-4H3,(H,23,24). The zero-order valence-electron chi connectivity index (χ0n) is 18.3. The van der Waals surface area contributed by atoms with E-state index in [1.165, 1.54) is 0 Å². The van der Waals surface area contributed by atoms with Crippen LogP contribution < -0.4 is 5.32 Å². The summed E-state index contributed by atoms with van der Waals surface area (Å²) in [6, 6.07) is 6.58. The number of carbonyl (C=O) groups is 4. The molecule has 0 atom stereocenters. The SMILES string of the molecule is CCOC(=O)c1sc(NC(=O)COC(=O)c2ccc(COC)cc2)c(C(=O)OCC)c1C. The van der Waals surface area contributed by atoms with Gasteiger partial charge in [-0.1, -0.05) is 12.1 Å². The van der Waals surface area contributed by atoms with Crippen molar-refractivity contribution >= 4 is 40.2 Å². The first-order valence-electron chi connectivity index (χ1n) is 9.84. The van der Waals surface area contributed by atoms with E-state index in [0.717, 1.165) is 16.9 Å². The van der Waals surface area contributed by atoms with Crippen LogP contribution in [0.5, 0.6) is 0 Å². The zero-order valence-corrected chi connectivity index (χ0v) is 19.1. The molecule has 1 aromatic heterocycles. The summed E-state index contributed by atoms with van der Waals surface area (Å²) >= 11 is 0.894. The first-order valence-corrected chi connectivity index (χ1v) is 10.7. The van der Waals surface area contributed by atoms with E-state index in [0.29, 0.717) is 12.2 Å². The molecule has 0 fully saturated rings. The van der Waals surface area contributed by atoms with Gasteiger partial charge in [0.2, 0.25) is 0 Å². The van der Waals surface area contributed by atoms with Gasteiger partial charge in [-0.15, -0.1) is 11.3 Å². The number of amides is 1. The molecule has 172 valence electrons. The fourth-order valence-corrected chi connectivity index (χ4v) is 3.83. The molecule has 0 radical (unpaired) electrons. The number of ether oxygens (including phenoxy) is 4. The average molecular weight is 464 g/mol. The predicted octanol–water partition coefficient (Wildman–Crippen LogP) is 3.35. The van der Waals surface area contributed by atoms with Crippen LogP contribution in [0, 0.1) is 6.92 Å². The Balaban J connectivity index is 2.10. The molecule has 1 heterocycles. The van der Waals surface area contributed by atoms with Crippen LogP contribution in [0.2, 0.25) is 0 Å². The number of hydrogen-bond donors (Lipinski definition) is 1. The lowest BCUT2D eigenvalue weighted by atomic mass is 10.1. The van der Waals surface area contributed by atoms with Gasteiger partial charge in [-0.3, -0.25) is 4.79 Å². The Hall–Kier alpha value is -3.24. The Morgan fingerprint density at radius 1 is 0.906 bits per heavy atom. The molecular weight excluding hydrogens is 438 g/mol. The van der Waals surface area contributed by atoms with Gasteiger partial charge in [0.25, 0.3) is 5.91 Å². The molecule has 2 aromatic rings. The van der Waals surface area contributed by atoms with Crippen molar-refractivity contribution < 1.29 is 38.1 Å². The highest BCUT2D eigenvalue weighted by atomic mass is 32.1. The summed E-state index contributed by atoms with van der Waals surface area (Å²) in [5.74, 6) is -2.63. The largest absolute Gasteiger partial charge is 0.462 e. The van der Waals surface area contributed by atoms with Crippen LogP contribution in [0.25, 0.3) is 0 Å². The third-order valence-corrected chi connectivity index (χ3v) is 5.36. The Morgan fingerprint density at radius 3 is 2.12 bits per heavy atom. The third-order valence-electron chi connectivity index (χ3n) is 4.18. The van der Waals surface area contributed by atoms with Crippen LogP contribution >= 0.6 is 11.3 Å². The summed E-state index contributed by atoms with van der Waals surface area (Å²) in [5.41, 5.74) is 1.57. The Kier molecular flexibility index (Phi) is 9.36. The van der Waals surface area contributed by atoms with Gasteiger partial charge in [0.05, 0.1) is 30.9 Å². The maximum atomic E-state index is 12.4. The van der Waals surface area contributed by atoms with E-state index in [4.69, 9.17) is 18.9 Å². The van der Waals surface area contributed by atoms with E-state index in [-0.39, 0.29) is 34.2 Å².